The minimum atomic E-state index is -1.75. The summed E-state index contributed by atoms with van der Waals surface area (Å²) >= 11 is 0. The van der Waals surface area contributed by atoms with Crippen LogP contribution in [0.4, 0.5) is 5.82 Å². The third-order valence-electron chi connectivity index (χ3n) is 8.59. The van der Waals surface area contributed by atoms with Crippen LogP contribution in [-0.2, 0) is 13.6 Å². The summed E-state index contributed by atoms with van der Waals surface area (Å²) in [6, 6.07) is 14.1. The number of nitrogens with zero attached hydrogens (tertiary/aromatic N) is 5. The summed E-state index contributed by atoms with van der Waals surface area (Å²) < 4.78 is 8.30. The lowest BCUT2D eigenvalue weighted by Crippen LogP contribution is -2.35. The van der Waals surface area contributed by atoms with E-state index in [1.807, 2.05) is 37.4 Å². The van der Waals surface area contributed by atoms with Gasteiger partial charge in [-0.05, 0) is 59.8 Å². The van der Waals surface area contributed by atoms with Gasteiger partial charge in [0.05, 0.1) is 11.1 Å². The summed E-state index contributed by atoms with van der Waals surface area (Å²) in [6.07, 6.45) is 3.58. The molecule has 0 aliphatic carbocycles. The van der Waals surface area contributed by atoms with Crippen LogP contribution < -0.4 is 10.1 Å². The second kappa shape index (κ2) is 10.1. The predicted octanol–water partition coefficient (Wildman–Crippen LogP) is 7.83. The van der Waals surface area contributed by atoms with Crippen LogP contribution in [0.15, 0.2) is 55.0 Å². The molecule has 8 heteroatoms. The molecule has 1 aliphatic heterocycles. The second-order valence-electron chi connectivity index (χ2n) is 12.6. The van der Waals surface area contributed by atoms with E-state index < -0.39 is 8.07 Å². The SMILES string of the molecule is Cc1cccc(Oc2ccc3c(c2)CNc2ncnc4c2c-3c(-c2cnc(C#C[Si](C)(C)C(C)(C)C)cc2C)n4C)n1. The van der Waals surface area contributed by atoms with Crippen LogP contribution in [0.1, 0.15) is 43.3 Å². The summed E-state index contributed by atoms with van der Waals surface area (Å²) in [7, 11) is 0.314. The maximum atomic E-state index is 6.14. The summed E-state index contributed by atoms with van der Waals surface area (Å²) in [4.78, 5) is 18.7. The minimum absolute atomic E-state index is 0.195. The van der Waals surface area contributed by atoms with Crippen LogP contribution in [0, 0.1) is 25.3 Å². The Kier molecular flexibility index (Phi) is 6.66. The van der Waals surface area contributed by atoms with E-state index in [1.165, 1.54) is 0 Å². The van der Waals surface area contributed by atoms with Gasteiger partial charge in [-0.3, -0.25) is 0 Å². The summed E-state index contributed by atoms with van der Waals surface area (Å²) in [5, 5.41) is 4.74. The number of ether oxygens (including phenoxy) is 1. The van der Waals surface area contributed by atoms with Gasteiger partial charge in [-0.15, -0.1) is 5.54 Å². The zero-order valence-corrected chi connectivity index (χ0v) is 26.5. The van der Waals surface area contributed by atoms with Gasteiger partial charge in [-0.1, -0.05) is 51.9 Å². The van der Waals surface area contributed by atoms with E-state index in [0.29, 0.717) is 12.4 Å². The first-order chi connectivity index (χ1) is 19.9. The Labute approximate surface area is 248 Å². The van der Waals surface area contributed by atoms with Crippen LogP contribution in [0.25, 0.3) is 33.4 Å². The zero-order chi connectivity index (χ0) is 29.8. The highest BCUT2D eigenvalue weighted by molar-refractivity contribution is 6.87. The molecule has 4 aromatic heterocycles. The van der Waals surface area contributed by atoms with Gasteiger partial charge in [0.15, 0.2) is 0 Å². The van der Waals surface area contributed by atoms with E-state index >= 15 is 0 Å². The van der Waals surface area contributed by atoms with Crippen molar-refractivity contribution in [3.8, 4) is 45.5 Å². The normalized spacial score (nSPS) is 12.7. The van der Waals surface area contributed by atoms with Crippen molar-refractivity contribution in [2.75, 3.05) is 5.32 Å². The van der Waals surface area contributed by atoms with E-state index in [9.17, 15) is 0 Å². The smallest absolute Gasteiger partial charge is 0.219 e. The third-order valence-corrected chi connectivity index (χ3v) is 13.1. The highest BCUT2D eigenvalue weighted by Crippen LogP contribution is 2.46. The Morgan fingerprint density at radius 2 is 1.81 bits per heavy atom. The fourth-order valence-corrected chi connectivity index (χ4v) is 5.96. The number of aryl methyl sites for hydroxylation is 3. The van der Waals surface area contributed by atoms with Crippen molar-refractivity contribution in [1.29, 1.82) is 0 Å². The monoisotopic (exact) mass is 572 g/mol. The average Bonchev–Trinajstić information content (AvgIpc) is 3.12. The predicted molar refractivity (Wildman–Crippen MR) is 172 cm³/mol. The number of hydrogen-bond donors (Lipinski definition) is 1. The molecule has 1 aliphatic rings. The Balaban J connectivity index is 1.48. The quantitative estimate of drug-likeness (QED) is 0.175. The molecule has 0 saturated heterocycles. The lowest BCUT2D eigenvalue weighted by Gasteiger charge is -2.31. The van der Waals surface area contributed by atoms with Crippen LogP contribution >= 0.6 is 0 Å². The first-order valence-corrected chi connectivity index (χ1v) is 17.3. The summed E-state index contributed by atoms with van der Waals surface area (Å²) in [6.45, 7) is 16.2. The minimum Gasteiger partial charge on any atom is -0.439 e. The molecule has 0 unspecified atom stereocenters. The Morgan fingerprint density at radius 1 is 1.00 bits per heavy atom. The van der Waals surface area contributed by atoms with Crippen LogP contribution in [-0.4, -0.2) is 32.6 Å². The topological polar surface area (TPSA) is 77.8 Å². The number of aromatic nitrogens is 5. The van der Waals surface area contributed by atoms with Crippen LogP contribution in [0.3, 0.4) is 0 Å². The molecular formula is C34H36N6OSi. The van der Waals surface area contributed by atoms with E-state index in [-0.39, 0.29) is 5.04 Å². The highest BCUT2D eigenvalue weighted by atomic mass is 28.3. The standard InChI is InChI=1S/C34H36N6OSi/c1-21-16-24(14-15-42(7,8)34(3,4)5)35-19-27(21)31-29-26-13-12-25(41-28-11-9-10-22(2)39-28)17-23(26)18-36-32-30(29)33(40(31)6)38-20-37-32/h9-13,16-17,19-20H,18H2,1-8H3,(H,36,37,38). The fraction of sp³-hybridized carbons (Fsp3) is 0.294. The third kappa shape index (κ3) is 4.84. The summed E-state index contributed by atoms with van der Waals surface area (Å²) in [5.41, 5.74) is 12.7. The lowest BCUT2D eigenvalue weighted by atomic mass is 9.94. The van der Waals surface area contributed by atoms with Crippen LogP contribution in [0.2, 0.25) is 18.1 Å². The summed E-state index contributed by atoms with van der Waals surface area (Å²) in [5.74, 6) is 5.53. The van der Waals surface area contributed by atoms with E-state index in [4.69, 9.17) is 14.7 Å². The van der Waals surface area contributed by atoms with Crippen molar-refractivity contribution in [1.82, 2.24) is 24.5 Å². The molecule has 1 N–H and O–H groups in total. The molecule has 0 radical (unpaired) electrons. The Bertz CT molecular complexity index is 1920. The molecule has 5 heterocycles. The molecule has 5 aromatic rings. The average molecular weight is 573 g/mol. The van der Waals surface area contributed by atoms with Crippen LogP contribution in [0.5, 0.6) is 11.6 Å². The van der Waals surface area contributed by atoms with Crippen molar-refractivity contribution < 1.29 is 4.74 Å². The largest absolute Gasteiger partial charge is 0.439 e. The molecule has 0 bridgehead atoms. The Hall–Kier alpha value is -4.48. The van der Waals surface area contributed by atoms with Gasteiger partial charge in [-0.25, -0.2) is 19.9 Å². The van der Waals surface area contributed by atoms with E-state index in [2.05, 4.69) is 97.4 Å². The maximum Gasteiger partial charge on any atom is 0.219 e. The van der Waals surface area contributed by atoms with Gasteiger partial charge in [0.1, 0.15) is 37.3 Å². The molecule has 7 nitrogen and oxygen atoms in total. The van der Waals surface area contributed by atoms with Crippen molar-refractivity contribution in [3.63, 3.8) is 0 Å². The molecular weight excluding hydrogens is 537 g/mol. The van der Waals surface area contributed by atoms with Gasteiger partial charge in [0, 0.05) is 42.7 Å². The van der Waals surface area contributed by atoms with Gasteiger partial charge in [0.2, 0.25) is 5.88 Å². The molecule has 0 fully saturated rings. The van der Waals surface area contributed by atoms with Gasteiger partial charge in [0.25, 0.3) is 0 Å². The number of rotatable bonds is 3. The number of hydrogen-bond acceptors (Lipinski definition) is 6. The molecule has 0 saturated carbocycles. The van der Waals surface area contributed by atoms with E-state index in [1.54, 1.807) is 6.33 Å². The zero-order valence-electron chi connectivity index (χ0n) is 25.5. The molecule has 42 heavy (non-hydrogen) atoms. The van der Waals surface area contributed by atoms with Gasteiger partial charge in [-0.2, -0.15) is 0 Å². The van der Waals surface area contributed by atoms with Crippen molar-refractivity contribution in [2.24, 2.45) is 7.05 Å². The molecule has 6 rings (SSSR count). The molecule has 1 aromatic carbocycles. The maximum absolute atomic E-state index is 6.14. The first-order valence-electron chi connectivity index (χ1n) is 14.3. The molecule has 0 amide bonds. The first kappa shape index (κ1) is 27.7. The Morgan fingerprint density at radius 3 is 2.55 bits per heavy atom. The highest BCUT2D eigenvalue weighted by Gasteiger charge is 2.34. The second-order valence-corrected chi connectivity index (χ2v) is 17.6. The molecule has 212 valence electrons. The fourth-order valence-electron chi connectivity index (χ4n) is 5.14. The lowest BCUT2D eigenvalue weighted by molar-refractivity contribution is 0.461. The van der Waals surface area contributed by atoms with Gasteiger partial charge >= 0.3 is 0 Å². The number of pyridine rings is 2. The van der Waals surface area contributed by atoms with Crippen molar-refractivity contribution in [2.45, 2.75) is 59.3 Å². The number of benzene rings is 1. The number of nitrogens with one attached hydrogen (secondary N) is 1. The van der Waals surface area contributed by atoms with E-state index in [0.717, 1.165) is 67.5 Å². The number of fused-ring (bicyclic) bond motifs is 2. The molecule has 0 atom stereocenters. The van der Waals surface area contributed by atoms with Gasteiger partial charge < -0.3 is 14.6 Å². The number of anilines is 1. The van der Waals surface area contributed by atoms with Crippen molar-refractivity contribution in [3.05, 3.63) is 77.5 Å². The van der Waals surface area contributed by atoms with Crippen molar-refractivity contribution >= 4 is 24.9 Å². The molecule has 0 spiro atoms.